The number of carbonyl (C=O) groups is 1. The molecule has 0 fully saturated rings. The molecule has 0 aliphatic rings. The summed E-state index contributed by atoms with van der Waals surface area (Å²) < 4.78 is 16.2. The van der Waals surface area contributed by atoms with Gasteiger partial charge in [0.25, 0.3) is 5.91 Å². The normalized spacial score (nSPS) is 10.5. The molecule has 0 unspecified atom stereocenters. The number of ether oxygens (including phenoxy) is 2. The molecule has 4 rings (SSSR count). The second-order valence-corrected chi connectivity index (χ2v) is 6.78. The first-order valence-electron chi connectivity index (χ1n) is 9.24. The van der Waals surface area contributed by atoms with E-state index in [1.54, 1.807) is 42.6 Å². The summed E-state index contributed by atoms with van der Waals surface area (Å²) in [5.41, 5.74) is 2.91. The molecule has 2 aromatic carbocycles. The molecule has 31 heavy (non-hydrogen) atoms. The first-order valence-corrected chi connectivity index (χ1v) is 9.65. The molecule has 0 saturated carbocycles. The summed E-state index contributed by atoms with van der Waals surface area (Å²) in [5, 5.41) is 5.75. The third kappa shape index (κ3) is 4.31. The van der Waals surface area contributed by atoms with Crippen LogP contribution in [-0.2, 0) is 0 Å². The van der Waals surface area contributed by atoms with E-state index in [9.17, 15) is 4.79 Å². The molecule has 2 heterocycles. The van der Waals surface area contributed by atoms with Crippen LogP contribution in [0.1, 0.15) is 10.4 Å². The van der Waals surface area contributed by atoms with Gasteiger partial charge in [-0.25, -0.2) is 4.98 Å². The lowest BCUT2D eigenvalue weighted by molar-refractivity contribution is 0.0971. The summed E-state index contributed by atoms with van der Waals surface area (Å²) in [6.07, 6.45) is 1.66. The molecule has 0 aliphatic heterocycles. The maximum absolute atomic E-state index is 12.7. The summed E-state index contributed by atoms with van der Waals surface area (Å²) >= 11 is 5.28. The number of hydrogen-bond acceptors (Lipinski definition) is 7. The molecule has 4 aromatic rings. The van der Waals surface area contributed by atoms with Gasteiger partial charge in [-0.2, -0.15) is 4.98 Å². The van der Waals surface area contributed by atoms with Crippen molar-refractivity contribution in [2.24, 2.45) is 0 Å². The monoisotopic (exact) mass is 434 g/mol. The number of fused-ring (bicyclic) bond motifs is 1. The fourth-order valence-corrected chi connectivity index (χ4v) is 3.20. The zero-order chi connectivity index (χ0) is 21.8. The Hall–Kier alpha value is -3.98. The van der Waals surface area contributed by atoms with Crippen molar-refractivity contribution in [1.82, 2.24) is 15.3 Å². The highest BCUT2D eigenvalue weighted by Crippen LogP contribution is 2.28. The van der Waals surface area contributed by atoms with Crippen LogP contribution in [0.3, 0.4) is 0 Å². The maximum Gasteiger partial charge on any atom is 0.264 e. The second-order valence-electron chi connectivity index (χ2n) is 6.37. The number of anilines is 1. The van der Waals surface area contributed by atoms with E-state index in [2.05, 4.69) is 20.6 Å². The first kappa shape index (κ1) is 20.3. The third-order valence-electron chi connectivity index (χ3n) is 4.44. The Labute approximate surface area is 183 Å². The van der Waals surface area contributed by atoms with Gasteiger partial charge in [0.2, 0.25) is 5.89 Å². The van der Waals surface area contributed by atoms with Crippen molar-refractivity contribution in [2.75, 3.05) is 19.5 Å². The molecule has 0 aliphatic carbocycles. The van der Waals surface area contributed by atoms with Crippen LogP contribution < -0.4 is 20.1 Å². The van der Waals surface area contributed by atoms with Crippen molar-refractivity contribution in [3.63, 3.8) is 0 Å². The Bertz CT molecular complexity index is 1200. The van der Waals surface area contributed by atoms with Gasteiger partial charge in [-0.3, -0.25) is 10.1 Å². The van der Waals surface area contributed by atoms with E-state index < -0.39 is 5.91 Å². The summed E-state index contributed by atoms with van der Waals surface area (Å²) in [6, 6.07) is 16.0. The molecule has 156 valence electrons. The number of pyridine rings is 1. The topological polar surface area (TPSA) is 98.5 Å². The Morgan fingerprint density at radius 2 is 1.71 bits per heavy atom. The largest absolute Gasteiger partial charge is 0.496 e. The Morgan fingerprint density at radius 3 is 2.35 bits per heavy atom. The number of oxazole rings is 1. The van der Waals surface area contributed by atoms with Crippen LogP contribution >= 0.6 is 12.2 Å². The molecule has 0 atom stereocenters. The second kappa shape index (κ2) is 8.80. The molecule has 0 radical (unpaired) electrons. The van der Waals surface area contributed by atoms with E-state index in [4.69, 9.17) is 26.1 Å². The highest BCUT2D eigenvalue weighted by molar-refractivity contribution is 7.80. The number of methoxy groups -OCH3 is 2. The Morgan fingerprint density at radius 1 is 1.00 bits per heavy atom. The van der Waals surface area contributed by atoms with Gasteiger partial charge >= 0.3 is 0 Å². The van der Waals surface area contributed by atoms with Crippen LogP contribution in [0.25, 0.3) is 22.7 Å². The molecule has 8 nitrogen and oxygen atoms in total. The summed E-state index contributed by atoms with van der Waals surface area (Å²) in [4.78, 5) is 21.2. The quantitative estimate of drug-likeness (QED) is 0.454. The van der Waals surface area contributed by atoms with Gasteiger partial charge in [0.1, 0.15) is 17.1 Å². The highest BCUT2D eigenvalue weighted by Gasteiger charge is 2.19. The SMILES string of the molecule is COc1cccc(OC)c1C(=O)NC(=S)Nc1ccc(-c2nc3ncccc3o2)cc1. The van der Waals surface area contributed by atoms with Gasteiger partial charge in [-0.15, -0.1) is 0 Å². The van der Waals surface area contributed by atoms with Crippen LogP contribution in [-0.4, -0.2) is 35.2 Å². The smallest absolute Gasteiger partial charge is 0.264 e. The molecule has 0 spiro atoms. The van der Waals surface area contributed by atoms with Gasteiger partial charge in [0.15, 0.2) is 16.3 Å². The van der Waals surface area contributed by atoms with Gasteiger partial charge in [-0.1, -0.05) is 6.07 Å². The molecular weight excluding hydrogens is 416 g/mol. The zero-order valence-corrected chi connectivity index (χ0v) is 17.5. The highest BCUT2D eigenvalue weighted by atomic mass is 32.1. The van der Waals surface area contributed by atoms with Gasteiger partial charge in [-0.05, 0) is 60.7 Å². The zero-order valence-electron chi connectivity index (χ0n) is 16.7. The standard InChI is InChI=1S/C22H18N4O4S/c1-28-15-5-3-6-16(29-2)18(15)20(27)26-22(31)24-14-10-8-13(9-11-14)21-25-19-17(30-21)7-4-12-23-19/h3-12H,1-2H3,(H2,24,26,27,31). The number of amides is 1. The summed E-state index contributed by atoms with van der Waals surface area (Å²) in [6.45, 7) is 0. The lowest BCUT2D eigenvalue weighted by Gasteiger charge is -2.14. The van der Waals surface area contributed by atoms with Crippen molar-refractivity contribution >= 4 is 40.2 Å². The third-order valence-corrected chi connectivity index (χ3v) is 4.64. The molecule has 2 N–H and O–H groups in total. The van der Waals surface area contributed by atoms with Crippen LogP contribution in [0, 0.1) is 0 Å². The van der Waals surface area contributed by atoms with Crippen LogP contribution in [0.4, 0.5) is 5.69 Å². The number of nitrogens with zero attached hydrogens (tertiary/aromatic N) is 2. The Balaban J connectivity index is 1.45. The number of aromatic nitrogens is 2. The van der Waals surface area contributed by atoms with Crippen LogP contribution in [0.5, 0.6) is 11.5 Å². The summed E-state index contributed by atoms with van der Waals surface area (Å²) in [5.74, 6) is 0.801. The van der Waals surface area contributed by atoms with Crippen molar-refractivity contribution in [1.29, 1.82) is 0 Å². The summed E-state index contributed by atoms with van der Waals surface area (Å²) in [7, 11) is 2.97. The van der Waals surface area contributed by atoms with E-state index in [-0.39, 0.29) is 10.7 Å². The average molecular weight is 434 g/mol. The minimum atomic E-state index is -0.442. The lowest BCUT2D eigenvalue weighted by atomic mass is 10.1. The number of hydrogen-bond donors (Lipinski definition) is 2. The fraction of sp³-hybridized carbons (Fsp3) is 0.0909. The van der Waals surface area contributed by atoms with Gasteiger partial charge in [0.05, 0.1) is 14.2 Å². The number of rotatable bonds is 5. The van der Waals surface area contributed by atoms with Gasteiger partial charge in [0, 0.05) is 17.4 Å². The predicted molar refractivity (Wildman–Crippen MR) is 120 cm³/mol. The van der Waals surface area contributed by atoms with Gasteiger partial charge < -0.3 is 19.2 Å². The van der Waals surface area contributed by atoms with Crippen molar-refractivity contribution in [3.8, 4) is 23.0 Å². The van der Waals surface area contributed by atoms with Crippen LogP contribution in [0.15, 0.2) is 65.2 Å². The van der Waals surface area contributed by atoms with Crippen molar-refractivity contribution in [2.45, 2.75) is 0 Å². The van der Waals surface area contributed by atoms with Crippen molar-refractivity contribution < 1.29 is 18.7 Å². The average Bonchev–Trinajstić information content (AvgIpc) is 3.23. The van der Waals surface area contributed by atoms with E-state index in [0.29, 0.717) is 34.3 Å². The number of nitrogens with one attached hydrogen (secondary N) is 2. The number of carbonyl (C=O) groups excluding carboxylic acids is 1. The van der Waals surface area contributed by atoms with E-state index >= 15 is 0 Å². The molecule has 9 heteroatoms. The van der Waals surface area contributed by atoms with Crippen molar-refractivity contribution in [3.05, 3.63) is 66.4 Å². The lowest BCUT2D eigenvalue weighted by Crippen LogP contribution is -2.34. The minimum absolute atomic E-state index is 0.136. The molecular formula is C22H18N4O4S. The molecule has 1 amide bonds. The van der Waals surface area contributed by atoms with E-state index in [1.165, 1.54) is 14.2 Å². The number of thiocarbonyl (C=S) groups is 1. The number of benzene rings is 2. The fourth-order valence-electron chi connectivity index (χ4n) is 2.99. The Kier molecular flexibility index (Phi) is 5.76. The van der Waals surface area contributed by atoms with E-state index in [0.717, 1.165) is 5.56 Å². The van der Waals surface area contributed by atoms with Crippen LogP contribution in [0.2, 0.25) is 0 Å². The minimum Gasteiger partial charge on any atom is -0.496 e. The molecule has 0 saturated heterocycles. The molecule has 0 bridgehead atoms. The maximum atomic E-state index is 12.7. The predicted octanol–water partition coefficient (Wildman–Crippen LogP) is 4.03. The molecule has 2 aromatic heterocycles. The first-order chi connectivity index (χ1) is 15.1. The van der Waals surface area contributed by atoms with E-state index in [1.807, 2.05) is 18.2 Å².